The fourth-order valence-electron chi connectivity index (χ4n) is 6.26. The minimum absolute atomic E-state index is 0.250. The van der Waals surface area contributed by atoms with Crippen LogP contribution in [0, 0.1) is 37.0 Å². The van der Waals surface area contributed by atoms with Crippen LogP contribution in [0.15, 0.2) is 30.3 Å². The molecule has 0 amide bonds. The van der Waals surface area contributed by atoms with Gasteiger partial charge < -0.3 is 4.57 Å². The smallest absolute Gasteiger partial charge is 0.178 e. The number of carbonyl (C=O) groups excluding carboxylic acids is 1. The Hall–Kier alpha value is -2.38. The SMILES string of the molecule is Cc1cc(C(=O)CN2C3C[C@H]4CC2C[C@H](C3)C4)c(C)n1-c1ccc(C#N)cc1. The van der Waals surface area contributed by atoms with E-state index < -0.39 is 0 Å². The third-order valence-corrected chi connectivity index (χ3v) is 7.34. The molecule has 3 heterocycles. The van der Waals surface area contributed by atoms with Gasteiger partial charge >= 0.3 is 0 Å². The molecule has 1 aromatic carbocycles. The molecule has 2 saturated carbocycles. The molecule has 2 saturated heterocycles. The maximum absolute atomic E-state index is 13.3. The van der Waals surface area contributed by atoms with Gasteiger partial charge in [0, 0.05) is 34.7 Å². The van der Waals surface area contributed by atoms with Crippen LogP contribution in [0.25, 0.3) is 5.69 Å². The van der Waals surface area contributed by atoms with Gasteiger partial charge in [0.2, 0.25) is 0 Å². The number of aryl methyl sites for hydroxylation is 1. The molecule has 2 aromatic rings. The molecule has 0 unspecified atom stereocenters. The van der Waals surface area contributed by atoms with Gasteiger partial charge in [-0.3, -0.25) is 9.69 Å². The van der Waals surface area contributed by atoms with Crippen molar-refractivity contribution in [2.75, 3.05) is 6.54 Å². The predicted molar refractivity (Wildman–Crippen MR) is 109 cm³/mol. The van der Waals surface area contributed by atoms with Crippen molar-refractivity contribution in [3.63, 3.8) is 0 Å². The minimum atomic E-state index is 0.250. The monoisotopic (exact) mass is 373 g/mol. The Bertz CT molecular complexity index is 935. The molecule has 4 aliphatic rings. The standard InChI is InChI=1S/C24H27N3O/c1-15-7-23(16(2)27(15)20-5-3-17(13-25)4-6-20)24(28)14-26-21-9-18-8-19(11-21)12-22(26)10-18/h3-7,18-19,21-22H,8-12,14H2,1-2H3/t18-,19-,21?,22?. The van der Waals surface area contributed by atoms with E-state index in [4.69, 9.17) is 5.26 Å². The van der Waals surface area contributed by atoms with E-state index in [0.29, 0.717) is 24.2 Å². The topological polar surface area (TPSA) is 49.0 Å². The van der Waals surface area contributed by atoms with Gasteiger partial charge in [-0.1, -0.05) is 0 Å². The van der Waals surface area contributed by atoms with Gasteiger partial charge in [-0.25, -0.2) is 0 Å². The summed E-state index contributed by atoms with van der Waals surface area (Å²) in [5.41, 5.74) is 4.55. The quantitative estimate of drug-likeness (QED) is 0.746. The average molecular weight is 374 g/mol. The summed E-state index contributed by atoms with van der Waals surface area (Å²) in [5.74, 6) is 2.08. The molecule has 144 valence electrons. The number of Topliss-reactive ketones (excluding diaryl/α,β-unsaturated/α-hetero) is 1. The summed E-state index contributed by atoms with van der Waals surface area (Å²) in [5, 5.41) is 9.02. The maximum atomic E-state index is 13.3. The summed E-state index contributed by atoms with van der Waals surface area (Å²) in [7, 11) is 0. The second-order valence-electron chi connectivity index (χ2n) is 9.09. The number of aromatic nitrogens is 1. The summed E-state index contributed by atoms with van der Waals surface area (Å²) in [6.07, 6.45) is 6.62. The highest BCUT2D eigenvalue weighted by Gasteiger charge is 2.47. The lowest BCUT2D eigenvalue weighted by molar-refractivity contribution is -0.0537. The molecule has 0 radical (unpaired) electrons. The zero-order chi connectivity index (χ0) is 19.4. The third-order valence-electron chi connectivity index (χ3n) is 7.34. The zero-order valence-electron chi connectivity index (χ0n) is 16.7. The molecule has 4 heteroatoms. The lowest BCUT2D eigenvalue weighted by atomic mass is 9.63. The first-order valence-corrected chi connectivity index (χ1v) is 10.5. The van der Waals surface area contributed by atoms with E-state index in [2.05, 4.69) is 15.5 Å². The van der Waals surface area contributed by atoms with E-state index in [1.807, 2.05) is 44.2 Å². The van der Waals surface area contributed by atoms with Gasteiger partial charge in [0.1, 0.15) is 0 Å². The molecular formula is C24H27N3O. The molecule has 4 fully saturated rings. The largest absolute Gasteiger partial charge is 0.318 e. The minimum Gasteiger partial charge on any atom is -0.318 e. The van der Waals surface area contributed by atoms with Crippen LogP contribution in [0.3, 0.4) is 0 Å². The number of hydrogen-bond acceptors (Lipinski definition) is 3. The van der Waals surface area contributed by atoms with Crippen LogP contribution < -0.4 is 0 Å². The molecule has 6 rings (SSSR count). The Kier molecular flexibility index (Phi) is 4.17. The maximum Gasteiger partial charge on any atom is 0.178 e. The van der Waals surface area contributed by atoms with E-state index in [1.165, 1.54) is 32.1 Å². The van der Waals surface area contributed by atoms with Crippen LogP contribution in [-0.4, -0.2) is 33.9 Å². The van der Waals surface area contributed by atoms with Crippen LogP contribution in [0.2, 0.25) is 0 Å². The van der Waals surface area contributed by atoms with Crippen molar-refractivity contribution < 1.29 is 4.79 Å². The van der Waals surface area contributed by atoms with Crippen LogP contribution in [0.1, 0.15) is 59.4 Å². The summed E-state index contributed by atoms with van der Waals surface area (Å²) < 4.78 is 2.13. The fourth-order valence-corrected chi connectivity index (χ4v) is 6.26. The van der Waals surface area contributed by atoms with E-state index >= 15 is 0 Å². The molecule has 2 aliphatic carbocycles. The van der Waals surface area contributed by atoms with Crippen molar-refractivity contribution in [2.24, 2.45) is 11.8 Å². The Morgan fingerprint density at radius 1 is 1.04 bits per heavy atom. The van der Waals surface area contributed by atoms with E-state index in [0.717, 1.165) is 34.5 Å². The van der Waals surface area contributed by atoms with Crippen molar-refractivity contribution in [1.29, 1.82) is 5.26 Å². The molecule has 28 heavy (non-hydrogen) atoms. The van der Waals surface area contributed by atoms with Crippen LogP contribution >= 0.6 is 0 Å². The third kappa shape index (κ3) is 2.81. The van der Waals surface area contributed by atoms with Crippen LogP contribution in [0.5, 0.6) is 0 Å². The Morgan fingerprint density at radius 2 is 1.64 bits per heavy atom. The molecule has 0 N–H and O–H groups in total. The van der Waals surface area contributed by atoms with Gasteiger partial charge in [-0.05, 0) is 88.1 Å². The predicted octanol–water partition coefficient (Wildman–Crippen LogP) is 4.41. The molecule has 1 aromatic heterocycles. The van der Waals surface area contributed by atoms with Crippen molar-refractivity contribution in [1.82, 2.24) is 9.47 Å². The number of rotatable bonds is 4. The summed E-state index contributed by atoms with van der Waals surface area (Å²) in [6.45, 7) is 4.64. The van der Waals surface area contributed by atoms with Crippen molar-refractivity contribution in [3.8, 4) is 11.8 Å². The first kappa shape index (κ1) is 17.7. The number of nitrogens with zero attached hydrogens (tertiary/aromatic N) is 3. The van der Waals surface area contributed by atoms with Gasteiger partial charge in [-0.2, -0.15) is 5.26 Å². The van der Waals surface area contributed by atoms with Gasteiger partial charge in [0.15, 0.2) is 5.78 Å². The Labute approximate surface area is 166 Å². The number of carbonyl (C=O) groups is 1. The highest BCUT2D eigenvalue weighted by Crippen LogP contribution is 2.49. The first-order valence-electron chi connectivity index (χ1n) is 10.5. The molecule has 0 atom stereocenters. The van der Waals surface area contributed by atoms with Crippen molar-refractivity contribution in [2.45, 2.75) is 58.0 Å². The fraction of sp³-hybridized carbons (Fsp3) is 0.500. The van der Waals surface area contributed by atoms with Crippen molar-refractivity contribution >= 4 is 5.78 Å². The number of hydrogen-bond donors (Lipinski definition) is 0. The second-order valence-corrected chi connectivity index (χ2v) is 9.09. The molecule has 2 aliphatic heterocycles. The number of nitriles is 1. The molecular weight excluding hydrogens is 346 g/mol. The second kappa shape index (κ2) is 6.60. The molecule has 4 bridgehead atoms. The van der Waals surface area contributed by atoms with Crippen LogP contribution in [-0.2, 0) is 0 Å². The molecule has 4 nitrogen and oxygen atoms in total. The highest BCUT2D eigenvalue weighted by atomic mass is 16.1. The normalized spacial score (nSPS) is 28.5. The Balaban J connectivity index is 1.39. The van der Waals surface area contributed by atoms with E-state index in [9.17, 15) is 4.79 Å². The molecule has 0 spiro atoms. The summed E-state index contributed by atoms with van der Waals surface area (Å²) >= 11 is 0. The number of piperidine rings is 2. The lowest BCUT2D eigenvalue weighted by Gasteiger charge is -2.56. The lowest BCUT2D eigenvalue weighted by Crippen LogP contribution is -2.59. The van der Waals surface area contributed by atoms with Gasteiger partial charge in [-0.15, -0.1) is 0 Å². The van der Waals surface area contributed by atoms with Crippen LogP contribution in [0.4, 0.5) is 0 Å². The zero-order valence-corrected chi connectivity index (χ0v) is 16.7. The number of ketones is 1. The van der Waals surface area contributed by atoms with Gasteiger partial charge in [0.25, 0.3) is 0 Å². The highest BCUT2D eigenvalue weighted by molar-refractivity contribution is 5.99. The van der Waals surface area contributed by atoms with Gasteiger partial charge in [0.05, 0.1) is 18.2 Å². The summed E-state index contributed by atoms with van der Waals surface area (Å²) in [6, 6.07) is 13.0. The number of benzene rings is 1. The van der Waals surface area contributed by atoms with E-state index in [1.54, 1.807) is 0 Å². The Morgan fingerprint density at radius 3 is 2.21 bits per heavy atom. The summed E-state index contributed by atoms with van der Waals surface area (Å²) in [4.78, 5) is 15.8. The van der Waals surface area contributed by atoms with Crippen molar-refractivity contribution in [3.05, 3.63) is 52.8 Å². The van der Waals surface area contributed by atoms with E-state index in [-0.39, 0.29) is 5.78 Å². The average Bonchev–Trinajstić information content (AvgIpc) is 2.98. The first-order chi connectivity index (χ1) is 13.5.